The maximum atomic E-state index is 14.9. The van der Waals surface area contributed by atoms with E-state index in [2.05, 4.69) is 29.1 Å². The quantitative estimate of drug-likeness (QED) is 0.140. The van der Waals surface area contributed by atoms with Gasteiger partial charge in [-0.1, -0.05) is 28.1 Å². The number of ether oxygens (including phenoxy) is 2. The lowest BCUT2D eigenvalue weighted by atomic mass is 9.70. The maximum Gasteiger partial charge on any atom is 0.251 e. The van der Waals surface area contributed by atoms with Crippen molar-refractivity contribution in [2.45, 2.75) is 53.5 Å². The number of unbranched alkanes of at least 4 members (excludes halogenated alkanes) is 2. The molecule has 5 rings (SSSR count). The molecule has 252 valence electrons. The Hall–Kier alpha value is -3.28. The summed E-state index contributed by atoms with van der Waals surface area (Å²) in [5, 5.41) is 9.21. The molecule has 2 aromatic rings. The van der Waals surface area contributed by atoms with Gasteiger partial charge in [0, 0.05) is 47.7 Å². The van der Waals surface area contributed by atoms with Crippen molar-refractivity contribution >= 4 is 56.8 Å². The fourth-order valence-electron chi connectivity index (χ4n) is 7.38. The topological polar surface area (TPSA) is 99.6 Å². The first-order valence-corrected chi connectivity index (χ1v) is 18.0. The largest absolute Gasteiger partial charge is 0.497 e. The van der Waals surface area contributed by atoms with Crippen LogP contribution in [0.4, 0.5) is 11.4 Å². The lowest BCUT2D eigenvalue weighted by Crippen LogP contribution is -2.56. The number of thioether (sulfide) groups is 1. The first-order valence-electron chi connectivity index (χ1n) is 16.2. The number of methoxy groups -OCH3 is 1. The lowest BCUT2D eigenvalue weighted by molar-refractivity contribution is -0.139. The van der Waals surface area contributed by atoms with Crippen LogP contribution < -0.4 is 19.3 Å². The minimum absolute atomic E-state index is 0.0603. The number of hydrogen-bond acceptors (Lipinski definition) is 7. The highest BCUT2D eigenvalue weighted by atomic mass is 79.9. The van der Waals surface area contributed by atoms with Crippen LogP contribution in [0.5, 0.6) is 11.5 Å². The van der Waals surface area contributed by atoms with E-state index in [1.54, 1.807) is 57.9 Å². The average molecular weight is 727 g/mol. The molecule has 3 heterocycles. The van der Waals surface area contributed by atoms with Gasteiger partial charge >= 0.3 is 0 Å². The van der Waals surface area contributed by atoms with Crippen LogP contribution in [-0.2, 0) is 14.4 Å². The Morgan fingerprint density at radius 3 is 2.15 bits per heavy atom. The lowest BCUT2D eigenvalue weighted by Gasteiger charge is -2.38. The molecule has 9 nitrogen and oxygen atoms in total. The monoisotopic (exact) mass is 725 g/mol. The number of halogens is 1. The number of amides is 3. The van der Waals surface area contributed by atoms with Gasteiger partial charge in [0.05, 0.1) is 30.3 Å². The number of aliphatic hydroxyl groups is 1. The van der Waals surface area contributed by atoms with Gasteiger partial charge in [0.2, 0.25) is 11.8 Å². The number of carbonyl (C=O) groups excluding carboxylic acids is 3. The van der Waals surface area contributed by atoms with Gasteiger partial charge < -0.3 is 29.3 Å². The summed E-state index contributed by atoms with van der Waals surface area (Å²) in [4.78, 5) is 49.2. The zero-order chi connectivity index (χ0) is 33.7. The highest BCUT2D eigenvalue weighted by Crippen LogP contribution is 2.68. The van der Waals surface area contributed by atoms with Gasteiger partial charge in [-0.05, 0) is 81.1 Å². The van der Waals surface area contributed by atoms with Crippen molar-refractivity contribution in [3.05, 3.63) is 73.8 Å². The summed E-state index contributed by atoms with van der Waals surface area (Å²) >= 11 is 5.51. The number of rotatable bonds is 16. The summed E-state index contributed by atoms with van der Waals surface area (Å²) in [6.07, 6.45) is 5.93. The molecule has 3 fully saturated rings. The molecule has 3 amide bonds. The summed E-state index contributed by atoms with van der Waals surface area (Å²) in [7, 11) is 1.59. The number of carbonyl (C=O) groups is 3. The normalized spacial score (nSPS) is 25.7. The average Bonchev–Trinajstić information content (AvgIpc) is 3.67. The number of alkyl halides is 1. The summed E-state index contributed by atoms with van der Waals surface area (Å²) in [5.74, 6) is -0.414. The predicted molar refractivity (Wildman–Crippen MR) is 191 cm³/mol. The number of anilines is 2. The molecule has 3 aliphatic heterocycles. The minimum atomic E-state index is -0.797. The van der Waals surface area contributed by atoms with Crippen molar-refractivity contribution in [1.29, 1.82) is 0 Å². The molecule has 0 saturated carbocycles. The zero-order valence-electron chi connectivity index (χ0n) is 27.1. The third-order valence-electron chi connectivity index (χ3n) is 9.36. The van der Waals surface area contributed by atoms with Gasteiger partial charge in [-0.15, -0.1) is 24.9 Å². The fraction of sp³-hybridized carbons (Fsp3) is 0.472. The van der Waals surface area contributed by atoms with Crippen LogP contribution in [0.15, 0.2) is 73.8 Å². The first kappa shape index (κ1) is 35.0. The highest BCUT2D eigenvalue weighted by Gasteiger charge is 2.76. The van der Waals surface area contributed by atoms with Crippen molar-refractivity contribution in [3.8, 4) is 11.5 Å². The Morgan fingerprint density at radius 1 is 1.00 bits per heavy atom. The number of likely N-dealkylation sites (tertiary alicyclic amines) is 1. The van der Waals surface area contributed by atoms with Crippen LogP contribution in [0.2, 0.25) is 0 Å². The van der Waals surface area contributed by atoms with Crippen LogP contribution in [0.3, 0.4) is 0 Å². The summed E-state index contributed by atoms with van der Waals surface area (Å²) in [5.41, 5.74) is 1.37. The van der Waals surface area contributed by atoms with Gasteiger partial charge in [-0.25, -0.2) is 0 Å². The molecule has 2 aromatic carbocycles. The first-order chi connectivity index (χ1) is 22.8. The van der Waals surface area contributed by atoms with Gasteiger partial charge in [0.1, 0.15) is 17.5 Å². The SMILES string of the molecule is C=CCN(C(=O)C1N(CCCCCO)C(=O)[C@@H]2[C@@H](C(=O)N(CC=C)c3ccc(OCC)cc3)[C@@H]3SC12CC3Br)c1ccc(OC)cc1. The summed E-state index contributed by atoms with van der Waals surface area (Å²) in [6.45, 7) is 11.2. The number of hydrogen-bond donors (Lipinski definition) is 1. The fourth-order valence-corrected chi connectivity index (χ4v) is 11.0. The Kier molecular flexibility index (Phi) is 11.4. The summed E-state index contributed by atoms with van der Waals surface area (Å²) in [6, 6.07) is 13.9. The van der Waals surface area contributed by atoms with E-state index >= 15 is 0 Å². The molecule has 3 saturated heterocycles. The molecule has 3 unspecified atom stereocenters. The molecule has 1 N–H and O–H groups in total. The van der Waals surface area contributed by atoms with E-state index in [1.165, 1.54) is 0 Å². The van der Waals surface area contributed by atoms with Crippen LogP contribution >= 0.6 is 27.7 Å². The number of benzene rings is 2. The molecular formula is C36H44BrN3O6S. The van der Waals surface area contributed by atoms with Gasteiger partial charge in [0.15, 0.2) is 0 Å². The molecule has 3 aliphatic rings. The van der Waals surface area contributed by atoms with Crippen LogP contribution in [0.25, 0.3) is 0 Å². The zero-order valence-corrected chi connectivity index (χ0v) is 29.5. The highest BCUT2D eigenvalue weighted by molar-refractivity contribution is 9.09. The predicted octanol–water partition coefficient (Wildman–Crippen LogP) is 5.46. The Balaban J connectivity index is 1.54. The van der Waals surface area contributed by atoms with Gasteiger partial charge in [-0.2, -0.15) is 0 Å². The van der Waals surface area contributed by atoms with Crippen LogP contribution in [0.1, 0.15) is 32.6 Å². The molecule has 1 spiro atoms. The van der Waals surface area contributed by atoms with Gasteiger partial charge in [0.25, 0.3) is 5.91 Å². The number of fused-ring (bicyclic) bond motifs is 1. The molecule has 0 aromatic heterocycles. The molecular weight excluding hydrogens is 682 g/mol. The minimum Gasteiger partial charge on any atom is -0.497 e. The Bertz CT molecular complexity index is 1460. The van der Waals surface area contributed by atoms with E-state index in [9.17, 15) is 19.5 Å². The van der Waals surface area contributed by atoms with E-state index in [0.29, 0.717) is 55.3 Å². The van der Waals surface area contributed by atoms with E-state index in [0.717, 1.165) is 6.42 Å². The van der Waals surface area contributed by atoms with Crippen molar-refractivity contribution < 1.29 is 29.0 Å². The van der Waals surface area contributed by atoms with Crippen molar-refractivity contribution in [2.24, 2.45) is 11.8 Å². The van der Waals surface area contributed by atoms with Crippen LogP contribution in [-0.4, -0.2) is 88.6 Å². The molecule has 0 aliphatic carbocycles. The van der Waals surface area contributed by atoms with Gasteiger partial charge in [-0.3, -0.25) is 14.4 Å². The van der Waals surface area contributed by atoms with E-state index in [-0.39, 0.29) is 47.5 Å². The third-order valence-corrected chi connectivity index (χ3v) is 12.6. The van der Waals surface area contributed by atoms with Crippen molar-refractivity contribution in [1.82, 2.24) is 4.90 Å². The second-order valence-corrected chi connectivity index (χ2v) is 14.8. The second kappa shape index (κ2) is 15.3. The molecule has 6 atom stereocenters. The standard InChI is InChI=1S/C36H44BrN3O6S/c1-5-19-38(24-13-17-27(18-14-24)46-7-3)33(42)29-30-34(43)40(21-9-8-10-22-41)32(36(30)23-28(37)31(29)47-36)35(44)39(20-6-2)25-11-15-26(45-4)16-12-25/h5-6,11-18,28-32,41H,1-2,7-10,19-23H2,3-4H3/t28?,29-,30+,31-,32?,36?/m1/s1. The molecule has 11 heteroatoms. The number of aliphatic hydroxyl groups excluding tert-OH is 1. The van der Waals surface area contributed by atoms with Crippen molar-refractivity contribution in [2.75, 3.05) is 49.8 Å². The molecule has 2 bridgehead atoms. The second-order valence-electron chi connectivity index (χ2n) is 12.1. The van der Waals surface area contributed by atoms with E-state index in [1.807, 2.05) is 43.3 Å². The van der Waals surface area contributed by atoms with Crippen molar-refractivity contribution in [3.63, 3.8) is 0 Å². The van der Waals surface area contributed by atoms with E-state index in [4.69, 9.17) is 9.47 Å². The van der Waals surface area contributed by atoms with E-state index < -0.39 is 22.6 Å². The molecule has 47 heavy (non-hydrogen) atoms. The smallest absolute Gasteiger partial charge is 0.251 e. The maximum absolute atomic E-state index is 14.9. The molecule has 0 radical (unpaired) electrons. The Morgan fingerprint density at radius 2 is 1.60 bits per heavy atom. The third kappa shape index (κ3) is 6.58. The Labute approximate surface area is 290 Å². The van der Waals surface area contributed by atoms with Crippen LogP contribution in [0, 0.1) is 11.8 Å². The number of nitrogens with zero attached hydrogens (tertiary/aromatic N) is 3. The summed E-state index contributed by atoms with van der Waals surface area (Å²) < 4.78 is 10.2.